The molecule has 2 aromatic heterocycles. The van der Waals surface area contributed by atoms with Crippen molar-refractivity contribution >= 4 is 27.5 Å². The lowest BCUT2D eigenvalue weighted by atomic mass is 9.80. The summed E-state index contributed by atoms with van der Waals surface area (Å²) < 4.78 is 5.52. The van der Waals surface area contributed by atoms with Crippen LogP contribution >= 0.6 is 11.3 Å². The molecule has 0 saturated heterocycles. The fourth-order valence-corrected chi connectivity index (χ4v) is 5.99. The van der Waals surface area contributed by atoms with Crippen LogP contribution in [0.3, 0.4) is 0 Å². The summed E-state index contributed by atoms with van der Waals surface area (Å²) in [6.07, 6.45) is 12.2. The smallest absolute Gasteiger partial charge is 0.309 e. The van der Waals surface area contributed by atoms with E-state index in [4.69, 9.17) is 4.74 Å². The monoisotopic (exact) mass is 402 g/mol. The lowest BCUT2D eigenvalue weighted by molar-refractivity contribution is -0.151. The van der Waals surface area contributed by atoms with Crippen molar-refractivity contribution in [3.63, 3.8) is 0 Å². The van der Waals surface area contributed by atoms with Crippen molar-refractivity contribution < 1.29 is 9.53 Å². The van der Waals surface area contributed by atoms with Crippen molar-refractivity contribution in [1.29, 1.82) is 0 Å². The second-order valence-electron chi connectivity index (χ2n) is 8.37. The average molecular weight is 403 g/mol. The summed E-state index contributed by atoms with van der Waals surface area (Å²) in [5.41, 5.74) is 1.09. The summed E-state index contributed by atoms with van der Waals surface area (Å²) in [7, 11) is 0. The van der Waals surface area contributed by atoms with Gasteiger partial charge in [0.15, 0.2) is 0 Å². The van der Waals surface area contributed by atoms with Gasteiger partial charge in [0.2, 0.25) is 0 Å². The molecular weight excluding hydrogens is 372 g/mol. The molecule has 152 valence electrons. The number of H-pyrrole nitrogens is 1. The number of thiophene rings is 1. The van der Waals surface area contributed by atoms with Crippen LogP contribution in [0.1, 0.15) is 81.0 Å². The van der Waals surface area contributed by atoms with E-state index in [9.17, 15) is 9.59 Å². The lowest BCUT2D eigenvalue weighted by Gasteiger charge is -2.27. The predicted octanol–water partition coefficient (Wildman–Crippen LogP) is 4.90. The maximum absolute atomic E-state index is 12.6. The third-order valence-electron chi connectivity index (χ3n) is 6.37. The number of nitrogens with zero attached hydrogens (tertiary/aromatic N) is 1. The van der Waals surface area contributed by atoms with Gasteiger partial charge in [-0.15, -0.1) is 11.3 Å². The number of aryl methyl sites for hydroxylation is 2. The Morgan fingerprint density at radius 3 is 2.79 bits per heavy atom. The van der Waals surface area contributed by atoms with Crippen molar-refractivity contribution in [1.82, 2.24) is 9.97 Å². The molecule has 0 bridgehead atoms. The number of esters is 1. The van der Waals surface area contributed by atoms with E-state index >= 15 is 0 Å². The van der Waals surface area contributed by atoms with E-state index in [0.717, 1.165) is 61.1 Å². The van der Waals surface area contributed by atoms with Gasteiger partial charge < -0.3 is 9.72 Å². The normalized spacial score (nSPS) is 22.2. The summed E-state index contributed by atoms with van der Waals surface area (Å²) in [6.45, 7) is 2.28. The Morgan fingerprint density at radius 2 is 2.00 bits per heavy atom. The number of hydrogen-bond donors (Lipinski definition) is 1. The van der Waals surface area contributed by atoms with Gasteiger partial charge in [-0.25, -0.2) is 4.98 Å². The van der Waals surface area contributed by atoms with Crippen molar-refractivity contribution in [2.45, 2.75) is 84.2 Å². The lowest BCUT2D eigenvalue weighted by Crippen LogP contribution is -2.24. The minimum Gasteiger partial charge on any atom is -0.457 e. The Morgan fingerprint density at radius 1 is 1.21 bits per heavy atom. The molecule has 0 aliphatic heterocycles. The number of nitrogens with one attached hydrogen (secondary N) is 1. The van der Waals surface area contributed by atoms with E-state index in [0.29, 0.717) is 5.82 Å². The number of aromatic nitrogens is 2. The third-order valence-corrected chi connectivity index (χ3v) is 7.56. The Hall–Kier alpha value is -1.69. The van der Waals surface area contributed by atoms with Crippen LogP contribution in [0.25, 0.3) is 10.2 Å². The summed E-state index contributed by atoms with van der Waals surface area (Å²) in [5, 5.41) is 0.750. The molecule has 1 saturated carbocycles. The first kappa shape index (κ1) is 19.6. The zero-order valence-electron chi connectivity index (χ0n) is 16.7. The van der Waals surface area contributed by atoms with Crippen LogP contribution in [0.15, 0.2) is 4.79 Å². The molecular formula is C22H30N2O3S. The number of hydrogen-bond acceptors (Lipinski definition) is 5. The first-order valence-corrected chi connectivity index (χ1v) is 11.7. The number of unbranched alkanes of at least 4 members (excludes halogenated alkanes) is 1. The molecule has 4 rings (SSSR count). The molecule has 2 aliphatic rings. The van der Waals surface area contributed by atoms with E-state index in [2.05, 4.69) is 16.9 Å². The fraction of sp³-hybridized carbons (Fsp3) is 0.682. The van der Waals surface area contributed by atoms with Gasteiger partial charge in [0, 0.05) is 4.88 Å². The van der Waals surface area contributed by atoms with Crippen molar-refractivity contribution in [3.05, 3.63) is 26.6 Å². The van der Waals surface area contributed by atoms with Gasteiger partial charge in [-0.1, -0.05) is 26.2 Å². The molecule has 0 spiro atoms. The predicted molar refractivity (Wildman–Crippen MR) is 112 cm³/mol. The first-order valence-electron chi connectivity index (χ1n) is 10.9. The Bertz CT molecular complexity index is 893. The van der Waals surface area contributed by atoms with Gasteiger partial charge in [-0.3, -0.25) is 9.59 Å². The molecule has 2 aromatic rings. The summed E-state index contributed by atoms with van der Waals surface area (Å²) in [6, 6.07) is 0. The van der Waals surface area contributed by atoms with Gasteiger partial charge in [-0.2, -0.15) is 0 Å². The van der Waals surface area contributed by atoms with E-state index in [1.807, 2.05) is 0 Å². The highest BCUT2D eigenvalue weighted by Gasteiger charge is 2.27. The van der Waals surface area contributed by atoms with Crippen molar-refractivity contribution in [2.24, 2.45) is 11.8 Å². The maximum atomic E-state index is 12.6. The van der Waals surface area contributed by atoms with E-state index < -0.39 is 0 Å². The zero-order valence-corrected chi connectivity index (χ0v) is 17.5. The number of carbonyl (C=O) groups is 1. The van der Waals surface area contributed by atoms with Crippen LogP contribution < -0.4 is 5.56 Å². The maximum Gasteiger partial charge on any atom is 0.309 e. The molecule has 28 heavy (non-hydrogen) atoms. The van der Waals surface area contributed by atoms with Gasteiger partial charge >= 0.3 is 5.97 Å². The zero-order chi connectivity index (χ0) is 19.5. The number of carbonyl (C=O) groups excluding carboxylic acids is 1. The second-order valence-corrected chi connectivity index (χ2v) is 9.45. The summed E-state index contributed by atoms with van der Waals surface area (Å²) in [4.78, 5) is 34.5. The Balaban J connectivity index is 1.37. The number of ether oxygens (including phenoxy) is 1. The first-order chi connectivity index (χ1) is 13.7. The van der Waals surface area contributed by atoms with Crippen LogP contribution in [0.4, 0.5) is 0 Å². The Kier molecular flexibility index (Phi) is 6.14. The summed E-state index contributed by atoms with van der Waals surface area (Å²) in [5.74, 6) is 1.10. The topological polar surface area (TPSA) is 72.0 Å². The van der Waals surface area contributed by atoms with Crippen LogP contribution in [-0.4, -0.2) is 15.9 Å². The van der Waals surface area contributed by atoms with Crippen LogP contribution in [-0.2, 0) is 29.0 Å². The fourth-order valence-electron chi connectivity index (χ4n) is 4.71. The molecule has 0 amide bonds. The molecule has 5 nitrogen and oxygen atoms in total. The average Bonchev–Trinajstić information content (AvgIpc) is 3.09. The Labute approximate surface area is 169 Å². The third kappa shape index (κ3) is 4.17. The van der Waals surface area contributed by atoms with Gasteiger partial charge in [0.1, 0.15) is 17.3 Å². The van der Waals surface area contributed by atoms with Crippen LogP contribution in [0.2, 0.25) is 0 Å². The SMILES string of the molecule is CCCCC1CCC(C(=O)OCc2nc3sc4c(c3c(=O)[nH]2)CCCC4)CC1. The van der Waals surface area contributed by atoms with Crippen LogP contribution in [0, 0.1) is 11.8 Å². The van der Waals surface area contributed by atoms with Gasteiger partial charge in [0.25, 0.3) is 5.56 Å². The van der Waals surface area contributed by atoms with Crippen molar-refractivity contribution in [2.75, 3.05) is 0 Å². The largest absolute Gasteiger partial charge is 0.457 e. The van der Waals surface area contributed by atoms with Crippen molar-refractivity contribution in [3.8, 4) is 0 Å². The van der Waals surface area contributed by atoms with E-state index in [1.165, 1.54) is 36.1 Å². The quantitative estimate of drug-likeness (QED) is 0.697. The molecule has 2 aliphatic carbocycles. The minimum absolute atomic E-state index is 0.00220. The highest BCUT2D eigenvalue weighted by Crippen LogP contribution is 2.34. The summed E-state index contributed by atoms with van der Waals surface area (Å²) >= 11 is 1.63. The molecule has 1 fully saturated rings. The standard InChI is InChI=1S/C22H30N2O3S/c1-2-3-6-14-9-11-15(12-10-14)22(26)27-13-18-23-20(25)19-16-7-4-5-8-17(16)28-21(19)24-18/h14-15H,2-13H2,1H3,(H,23,24,25). The molecule has 6 heteroatoms. The second kappa shape index (κ2) is 8.76. The van der Waals surface area contributed by atoms with E-state index in [-0.39, 0.29) is 24.1 Å². The molecule has 0 aromatic carbocycles. The minimum atomic E-state index is -0.137. The highest BCUT2D eigenvalue weighted by molar-refractivity contribution is 7.18. The molecule has 1 N–H and O–H groups in total. The van der Waals surface area contributed by atoms with E-state index in [1.54, 1.807) is 11.3 Å². The van der Waals surface area contributed by atoms with Gasteiger partial charge in [-0.05, 0) is 62.8 Å². The highest BCUT2D eigenvalue weighted by atomic mass is 32.1. The molecule has 0 atom stereocenters. The molecule has 2 heterocycles. The van der Waals surface area contributed by atoms with Crippen LogP contribution in [0.5, 0.6) is 0 Å². The number of aromatic amines is 1. The van der Waals surface area contributed by atoms with Gasteiger partial charge in [0.05, 0.1) is 11.3 Å². The number of fused-ring (bicyclic) bond motifs is 3. The number of rotatable bonds is 6. The molecule has 0 radical (unpaired) electrons. The molecule has 0 unspecified atom stereocenters.